The van der Waals surface area contributed by atoms with E-state index in [1.807, 2.05) is 4.90 Å². The third-order valence-corrected chi connectivity index (χ3v) is 3.40. The van der Waals surface area contributed by atoms with Gasteiger partial charge in [-0.3, -0.25) is 10.1 Å². The molecule has 1 aromatic carbocycles. The average molecular weight is 317 g/mol. The van der Waals surface area contributed by atoms with Crippen LogP contribution in [-0.2, 0) is 4.74 Å². The summed E-state index contributed by atoms with van der Waals surface area (Å²) in [6.07, 6.45) is 0. The molecule has 1 fully saturated rings. The van der Waals surface area contributed by atoms with Crippen molar-refractivity contribution in [3.63, 3.8) is 0 Å². The third kappa shape index (κ3) is 3.29. The zero-order valence-corrected chi connectivity index (χ0v) is 12.2. The molecule has 3 N–H and O–H groups in total. The van der Waals surface area contributed by atoms with Gasteiger partial charge >= 0.3 is 5.97 Å². The summed E-state index contributed by atoms with van der Waals surface area (Å²) in [6, 6.07) is 5.97. The van der Waals surface area contributed by atoms with Crippen LogP contribution < -0.4 is 10.2 Å². The lowest BCUT2D eigenvalue weighted by Gasteiger charge is -2.25. The van der Waals surface area contributed by atoms with Crippen molar-refractivity contribution in [3.05, 3.63) is 35.4 Å². The topological polar surface area (TPSA) is 120 Å². The zero-order valence-electron chi connectivity index (χ0n) is 12.2. The number of carboxylic acid groups (broad SMARTS) is 1. The molecule has 1 saturated heterocycles. The molecule has 2 aromatic rings. The van der Waals surface area contributed by atoms with Gasteiger partial charge in [-0.2, -0.15) is 4.98 Å². The van der Waals surface area contributed by atoms with E-state index in [2.05, 4.69) is 20.5 Å². The van der Waals surface area contributed by atoms with Crippen molar-refractivity contribution in [1.82, 2.24) is 15.2 Å². The van der Waals surface area contributed by atoms with Gasteiger partial charge in [-0.25, -0.2) is 9.89 Å². The number of hydrogen-bond donors (Lipinski definition) is 3. The summed E-state index contributed by atoms with van der Waals surface area (Å²) in [5.41, 5.74) is -0.0118. The molecule has 0 saturated carbocycles. The maximum absolute atomic E-state index is 12.2. The normalized spacial score (nSPS) is 14.5. The van der Waals surface area contributed by atoms with Gasteiger partial charge in [-0.1, -0.05) is 12.1 Å². The third-order valence-electron chi connectivity index (χ3n) is 3.40. The second kappa shape index (κ2) is 6.44. The molecule has 9 heteroatoms. The Kier molecular flexibility index (Phi) is 4.20. The Hall–Kier alpha value is -2.94. The first kappa shape index (κ1) is 15.0. The van der Waals surface area contributed by atoms with Crippen molar-refractivity contribution < 1.29 is 19.4 Å². The Morgan fingerprint density at radius 2 is 1.91 bits per heavy atom. The van der Waals surface area contributed by atoms with Crippen LogP contribution in [0.5, 0.6) is 0 Å². The van der Waals surface area contributed by atoms with E-state index >= 15 is 0 Å². The lowest BCUT2D eigenvalue weighted by Crippen LogP contribution is -2.36. The van der Waals surface area contributed by atoms with E-state index in [0.29, 0.717) is 32.3 Å². The van der Waals surface area contributed by atoms with Gasteiger partial charge in [0, 0.05) is 13.1 Å². The van der Waals surface area contributed by atoms with E-state index in [1.165, 1.54) is 12.1 Å². The SMILES string of the molecule is O=C(O)c1ccccc1C(=O)Nc1nc(N2CCOCC2)n[nH]1. The lowest BCUT2D eigenvalue weighted by atomic mass is 10.1. The number of morpholine rings is 1. The second-order valence-electron chi connectivity index (χ2n) is 4.89. The first-order chi connectivity index (χ1) is 11.1. The highest BCUT2D eigenvalue weighted by atomic mass is 16.5. The molecule has 23 heavy (non-hydrogen) atoms. The monoisotopic (exact) mass is 317 g/mol. The fraction of sp³-hybridized carbons (Fsp3) is 0.286. The van der Waals surface area contributed by atoms with Gasteiger partial charge in [0.25, 0.3) is 5.91 Å². The van der Waals surface area contributed by atoms with Crippen LogP contribution in [0.15, 0.2) is 24.3 Å². The molecule has 1 aliphatic rings. The Labute approximate surface area is 131 Å². The summed E-state index contributed by atoms with van der Waals surface area (Å²) in [6.45, 7) is 2.55. The van der Waals surface area contributed by atoms with E-state index in [9.17, 15) is 9.59 Å². The van der Waals surface area contributed by atoms with Crippen molar-refractivity contribution in [2.75, 3.05) is 36.5 Å². The van der Waals surface area contributed by atoms with Gasteiger partial charge in [0.1, 0.15) is 0 Å². The number of aromatic carboxylic acids is 1. The van der Waals surface area contributed by atoms with Gasteiger partial charge in [0.2, 0.25) is 11.9 Å². The highest BCUT2D eigenvalue weighted by molar-refractivity contribution is 6.10. The molecule has 0 atom stereocenters. The number of amides is 1. The van der Waals surface area contributed by atoms with Crippen LogP contribution in [0.4, 0.5) is 11.9 Å². The summed E-state index contributed by atoms with van der Waals surface area (Å²) < 4.78 is 5.25. The van der Waals surface area contributed by atoms with Crippen LogP contribution in [0.25, 0.3) is 0 Å². The number of nitrogens with zero attached hydrogens (tertiary/aromatic N) is 3. The van der Waals surface area contributed by atoms with Gasteiger partial charge in [0.15, 0.2) is 0 Å². The summed E-state index contributed by atoms with van der Waals surface area (Å²) >= 11 is 0. The fourth-order valence-corrected chi connectivity index (χ4v) is 2.26. The Bertz CT molecular complexity index is 723. The van der Waals surface area contributed by atoms with E-state index < -0.39 is 11.9 Å². The number of carbonyl (C=O) groups is 2. The van der Waals surface area contributed by atoms with E-state index in [0.717, 1.165) is 0 Å². The van der Waals surface area contributed by atoms with E-state index in [1.54, 1.807) is 12.1 Å². The van der Waals surface area contributed by atoms with Gasteiger partial charge in [-0.05, 0) is 12.1 Å². The molecule has 0 aliphatic carbocycles. The van der Waals surface area contributed by atoms with Crippen LogP contribution in [0.3, 0.4) is 0 Å². The first-order valence-corrected chi connectivity index (χ1v) is 7.04. The quantitative estimate of drug-likeness (QED) is 0.754. The van der Waals surface area contributed by atoms with Crippen LogP contribution in [0.1, 0.15) is 20.7 Å². The largest absolute Gasteiger partial charge is 0.478 e. The summed E-state index contributed by atoms with van der Waals surface area (Å²) in [7, 11) is 0. The van der Waals surface area contributed by atoms with Crippen molar-refractivity contribution in [1.29, 1.82) is 0 Å². The zero-order chi connectivity index (χ0) is 16.2. The maximum atomic E-state index is 12.2. The highest BCUT2D eigenvalue weighted by Gasteiger charge is 2.19. The number of hydrogen-bond acceptors (Lipinski definition) is 6. The van der Waals surface area contributed by atoms with E-state index in [4.69, 9.17) is 9.84 Å². The van der Waals surface area contributed by atoms with Crippen LogP contribution in [0.2, 0.25) is 0 Å². The lowest BCUT2D eigenvalue weighted by molar-refractivity contribution is 0.0692. The number of H-pyrrole nitrogens is 1. The smallest absolute Gasteiger partial charge is 0.336 e. The minimum absolute atomic E-state index is 0.0596. The van der Waals surface area contributed by atoms with E-state index in [-0.39, 0.29) is 17.1 Å². The maximum Gasteiger partial charge on any atom is 0.336 e. The Balaban J connectivity index is 1.73. The Morgan fingerprint density at radius 1 is 1.22 bits per heavy atom. The molecule has 1 aromatic heterocycles. The number of aromatic nitrogens is 3. The number of benzene rings is 1. The van der Waals surface area contributed by atoms with Crippen molar-refractivity contribution in [3.8, 4) is 0 Å². The Morgan fingerprint density at radius 3 is 2.61 bits per heavy atom. The van der Waals surface area contributed by atoms with Crippen molar-refractivity contribution in [2.24, 2.45) is 0 Å². The molecular formula is C14H15N5O4. The van der Waals surface area contributed by atoms with Crippen LogP contribution >= 0.6 is 0 Å². The van der Waals surface area contributed by atoms with Gasteiger partial charge in [-0.15, -0.1) is 5.10 Å². The minimum atomic E-state index is -1.16. The highest BCUT2D eigenvalue weighted by Crippen LogP contribution is 2.14. The molecule has 1 amide bonds. The van der Waals surface area contributed by atoms with Gasteiger partial charge in [0.05, 0.1) is 24.3 Å². The standard InChI is InChI=1S/C14H15N5O4/c20-11(9-3-1-2-4-10(9)12(21)22)15-13-16-14(18-17-13)19-5-7-23-8-6-19/h1-4H,5-8H2,(H,21,22)(H2,15,16,17,18,20). The number of nitrogens with one attached hydrogen (secondary N) is 2. The number of rotatable bonds is 4. The molecule has 1 aliphatic heterocycles. The number of ether oxygens (including phenoxy) is 1. The fourth-order valence-electron chi connectivity index (χ4n) is 2.26. The molecule has 120 valence electrons. The summed E-state index contributed by atoms with van der Waals surface area (Å²) in [4.78, 5) is 29.5. The average Bonchev–Trinajstić information content (AvgIpc) is 3.04. The summed E-state index contributed by atoms with van der Waals surface area (Å²) in [5, 5.41) is 18.3. The molecule has 3 rings (SSSR count). The van der Waals surface area contributed by atoms with Crippen molar-refractivity contribution in [2.45, 2.75) is 0 Å². The minimum Gasteiger partial charge on any atom is -0.478 e. The predicted octanol–water partition coefficient (Wildman–Crippen LogP) is 0.592. The molecular weight excluding hydrogens is 302 g/mol. The molecule has 2 heterocycles. The summed E-state index contributed by atoms with van der Waals surface area (Å²) in [5.74, 6) is -1.10. The number of anilines is 2. The van der Waals surface area contributed by atoms with Crippen LogP contribution in [-0.4, -0.2) is 58.5 Å². The molecule has 0 unspecified atom stereocenters. The number of carbonyl (C=O) groups excluding carboxylic acids is 1. The van der Waals surface area contributed by atoms with Crippen LogP contribution in [0, 0.1) is 0 Å². The second-order valence-corrected chi connectivity index (χ2v) is 4.89. The molecule has 0 spiro atoms. The first-order valence-electron chi connectivity index (χ1n) is 7.04. The van der Waals surface area contributed by atoms with Crippen molar-refractivity contribution >= 4 is 23.8 Å². The molecule has 0 bridgehead atoms. The molecule has 0 radical (unpaired) electrons. The number of carboxylic acids is 1. The van der Waals surface area contributed by atoms with Gasteiger partial charge < -0.3 is 14.7 Å². The number of aromatic amines is 1. The molecule has 9 nitrogen and oxygen atoms in total. The predicted molar refractivity (Wildman–Crippen MR) is 80.8 cm³/mol.